The Balaban J connectivity index is 2.03. The molecule has 1 rings (SSSR count). The van der Waals surface area contributed by atoms with Gasteiger partial charge in [-0.3, -0.25) is 4.79 Å². The summed E-state index contributed by atoms with van der Waals surface area (Å²) in [6.07, 6.45) is 1.36. The molecule has 0 radical (unpaired) electrons. The van der Waals surface area contributed by atoms with Crippen LogP contribution in [0.1, 0.15) is 26.7 Å². The fourth-order valence-corrected chi connectivity index (χ4v) is 2.81. The fourth-order valence-electron chi connectivity index (χ4n) is 1.62. The minimum absolute atomic E-state index is 0.0819. The van der Waals surface area contributed by atoms with E-state index in [1.54, 1.807) is 11.8 Å². The maximum Gasteiger partial charge on any atom is 0.220 e. The van der Waals surface area contributed by atoms with Gasteiger partial charge in [0.05, 0.1) is 5.02 Å². The lowest BCUT2D eigenvalue weighted by Gasteiger charge is -2.08. The first-order chi connectivity index (χ1) is 10.1. The Morgan fingerprint density at radius 1 is 1.38 bits per heavy atom. The lowest BCUT2D eigenvalue weighted by atomic mass is 10.2. The number of rotatable bonds is 10. The highest BCUT2D eigenvalue weighted by atomic mass is 35.5. The first-order valence-corrected chi connectivity index (χ1v) is 8.67. The van der Waals surface area contributed by atoms with Crippen LogP contribution in [-0.2, 0) is 9.53 Å². The molecule has 0 spiro atoms. The Hall–Kier alpha value is -0.710. The number of carbonyl (C=O) groups is 1. The van der Waals surface area contributed by atoms with Crippen LogP contribution >= 0.6 is 23.4 Å². The number of carbonyl (C=O) groups excluding carboxylic acids is 1. The van der Waals surface area contributed by atoms with E-state index in [2.05, 4.69) is 19.2 Å². The van der Waals surface area contributed by atoms with Gasteiger partial charge in [-0.1, -0.05) is 37.6 Å². The molecule has 0 atom stereocenters. The number of hydrogen-bond donors (Lipinski definition) is 1. The van der Waals surface area contributed by atoms with Gasteiger partial charge in [0.15, 0.2) is 0 Å². The fraction of sp³-hybridized carbons (Fsp3) is 0.562. The van der Waals surface area contributed by atoms with Gasteiger partial charge in [0.2, 0.25) is 5.91 Å². The highest BCUT2D eigenvalue weighted by Crippen LogP contribution is 2.26. The van der Waals surface area contributed by atoms with Crippen molar-refractivity contribution in [2.24, 2.45) is 5.92 Å². The van der Waals surface area contributed by atoms with Crippen LogP contribution < -0.4 is 5.32 Å². The molecule has 0 fully saturated rings. The molecule has 21 heavy (non-hydrogen) atoms. The molecule has 0 aliphatic carbocycles. The summed E-state index contributed by atoms with van der Waals surface area (Å²) in [7, 11) is 0. The molecule has 1 N–H and O–H groups in total. The molecule has 1 amide bonds. The van der Waals surface area contributed by atoms with Crippen molar-refractivity contribution >= 4 is 29.3 Å². The zero-order chi connectivity index (χ0) is 15.5. The van der Waals surface area contributed by atoms with Crippen molar-refractivity contribution in [1.29, 1.82) is 0 Å². The van der Waals surface area contributed by atoms with E-state index in [1.165, 1.54) is 0 Å². The second-order valence-corrected chi connectivity index (χ2v) is 6.75. The third-order valence-corrected chi connectivity index (χ3v) is 4.18. The van der Waals surface area contributed by atoms with Crippen LogP contribution in [0.3, 0.4) is 0 Å². The number of hydrogen-bond acceptors (Lipinski definition) is 3. The zero-order valence-corrected chi connectivity index (χ0v) is 14.3. The van der Waals surface area contributed by atoms with Crippen molar-refractivity contribution < 1.29 is 9.53 Å². The third-order valence-electron chi connectivity index (χ3n) is 2.66. The average Bonchev–Trinajstić information content (AvgIpc) is 2.44. The van der Waals surface area contributed by atoms with E-state index in [1.807, 2.05) is 24.3 Å². The summed E-state index contributed by atoms with van der Waals surface area (Å²) in [6.45, 7) is 6.40. The molecule has 0 unspecified atom stereocenters. The van der Waals surface area contributed by atoms with Gasteiger partial charge in [0, 0.05) is 36.8 Å². The molecule has 0 saturated heterocycles. The van der Waals surface area contributed by atoms with Crippen LogP contribution in [0.5, 0.6) is 0 Å². The van der Waals surface area contributed by atoms with E-state index in [-0.39, 0.29) is 5.91 Å². The Bertz CT molecular complexity index is 426. The van der Waals surface area contributed by atoms with E-state index in [0.717, 1.165) is 28.7 Å². The monoisotopic (exact) mass is 329 g/mol. The number of benzene rings is 1. The topological polar surface area (TPSA) is 38.3 Å². The predicted molar refractivity (Wildman–Crippen MR) is 90.1 cm³/mol. The maximum absolute atomic E-state index is 11.7. The van der Waals surface area contributed by atoms with Crippen molar-refractivity contribution in [3.05, 3.63) is 29.3 Å². The Morgan fingerprint density at radius 3 is 2.86 bits per heavy atom. The van der Waals surface area contributed by atoms with Crippen LogP contribution in [0.4, 0.5) is 0 Å². The smallest absolute Gasteiger partial charge is 0.220 e. The van der Waals surface area contributed by atoms with E-state index in [4.69, 9.17) is 16.3 Å². The van der Waals surface area contributed by atoms with Gasteiger partial charge >= 0.3 is 0 Å². The summed E-state index contributed by atoms with van der Waals surface area (Å²) in [5, 5.41) is 3.65. The van der Waals surface area contributed by atoms with Gasteiger partial charge in [-0.2, -0.15) is 0 Å². The van der Waals surface area contributed by atoms with Crippen molar-refractivity contribution in [3.63, 3.8) is 0 Å². The number of amides is 1. The van der Waals surface area contributed by atoms with Crippen molar-refractivity contribution in [2.75, 3.05) is 25.5 Å². The van der Waals surface area contributed by atoms with Crippen LogP contribution in [0.2, 0.25) is 5.02 Å². The molecule has 1 aromatic rings. The van der Waals surface area contributed by atoms with Crippen molar-refractivity contribution in [3.8, 4) is 0 Å². The van der Waals surface area contributed by atoms with E-state index >= 15 is 0 Å². The molecular formula is C16H24ClNO2S. The van der Waals surface area contributed by atoms with E-state index in [0.29, 0.717) is 25.5 Å². The molecule has 0 aromatic heterocycles. The van der Waals surface area contributed by atoms with Crippen LogP contribution in [0.15, 0.2) is 29.2 Å². The summed E-state index contributed by atoms with van der Waals surface area (Å²) in [5.41, 5.74) is 0. The molecule has 118 valence electrons. The first-order valence-electron chi connectivity index (χ1n) is 7.31. The Kier molecular flexibility index (Phi) is 9.55. The summed E-state index contributed by atoms with van der Waals surface area (Å²) in [6, 6.07) is 7.68. The van der Waals surface area contributed by atoms with Gasteiger partial charge in [0.25, 0.3) is 0 Å². The van der Waals surface area contributed by atoms with Crippen LogP contribution in [0, 0.1) is 5.92 Å². The van der Waals surface area contributed by atoms with Gasteiger partial charge in [0.1, 0.15) is 0 Å². The van der Waals surface area contributed by atoms with Crippen LogP contribution in [0.25, 0.3) is 0 Å². The summed E-state index contributed by atoms with van der Waals surface area (Å²) >= 11 is 7.67. The summed E-state index contributed by atoms with van der Waals surface area (Å²) in [5.74, 6) is 1.37. The molecule has 0 aliphatic rings. The Labute approximate surface area is 136 Å². The summed E-state index contributed by atoms with van der Waals surface area (Å²) in [4.78, 5) is 12.7. The van der Waals surface area contributed by atoms with Gasteiger partial charge in [-0.15, -0.1) is 11.8 Å². The molecule has 0 bridgehead atoms. The normalized spacial score (nSPS) is 10.9. The highest BCUT2D eigenvalue weighted by molar-refractivity contribution is 7.99. The lowest BCUT2D eigenvalue weighted by Crippen LogP contribution is -2.25. The largest absolute Gasteiger partial charge is 0.381 e. The van der Waals surface area contributed by atoms with Crippen molar-refractivity contribution in [2.45, 2.75) is 31.6 Å². The Morgan fingerprint density at radius 2 is 2.14 bits per heavy atom. The zero-order valence-electron chi connectivity index (χ0n) is 12.7. The first kappa shape index (κ1) is 18.3. The maximum atomic E-state index is 11.7. The van der Waals surface area contributed by atoms with E-state index < -0.39 is 0 Å². The van der Waals surface area contributed by atoms with Gasteiger partial charge in [-0.25, -0.2) is 0 Å². The molecule has 5 heteroatoms. The number of ether oxygens (including phenoxy) is 1. The summed E-state index contributed by atoms with van der Waals surface area (Å²) < 4.78 is 5.46. The number of nitrogens with one attached hydrogen (secondary N) is 1. The SMILES string of the molecule is CC(C)COCCCNC(=O)CCSc1ccccc1Cl. The predicted octanol–water partition coefficient (Wildman–Crippen LogP) is 4.00. The van der Waals surface area contributed by atoms with Crippen molar-refractivity contribution in [1.82, 2.24) is 5.32 Å². The quantitative estimate of drug-likeness (QED) is 0.521. The van der Waals surface area contributed by atoms with Gasteiger partial charge in [-0.05, 0) is 24.5 Å². The third kappa shape index (κ3) is 9.02. The minimum Gasteiger partial charge on any atom is -0.381 e. The average molecular weight is 330 g/mol. The van der Waals surface area contributed by atoms with Crippen LogP contribution in [-0.4, -0.2) is 31.4 Å². The highest BCUT2D eigenvalue weighted by Gasteiger charge is 2.03. The van der Waals surface area contributed by atoms with Gasteiger partial charge < -0.3 is 10.1 Å². The standard InChI is InChI=1S/C16H24ClNO2S/c1-13(2)12-20-10-5-9-18-16(19)8-11-21-15-7-4-3-6-14(15)17/h3-4,6-7,13H,5,8-12H2,1-2H3,(H,18,19). The second kappa shape index (κ2) is 10.9. The lowest BCUT2D eigenvalue weighted by molar-refractivity contribution is -0.120. The number of halogens is 1. The molecule has 0 heterocycles. The number of thioether (sulfide) groups is 1. The molecule has 0 saturated carbocycles. The molecular weight excluding hydrogens is 306 g/mol. The molecule has 0 aliphatic heterocycles. The van der Waals surface area contributed by atoms with E-state index in [9.17, 15) is 4.79 Å². The second-order valence-electron chi connectivity index (χ2n) is 5.20. The minimum atomic E-state index is 0.0819. The molecule has 3 nitrogen and oxygen atoms in total. The molecule has 1 aromatic carbocycles.